The smallest absolute Gasteiger partial charge is 0.462 e. The second kappa shape index (κ2) is 70.1. The van der Waals surface area contributed by atoms with Crippen molar-refractivity contribution in [3.8, 4) is 0 Å². The van der Waals surface area contributed by atoms with Gasteiger partial charge in [-0.3, -0.25) is 37.3 Å². The summed E-state index contributed by atoms with van der Waals surface area (Å²) < 4.78 is 68.6. The maximum Gasteiger partial charge on any atom is 0.472 e. The molecule has 19 heteroatoms. The molecular formula is C81H158O17P2. The summed E-state index contributed by atoms with van der Waals surface area (Å²) in [5, 5.41) is 10.6. The molecule has 0 aromatic rings. The van der Waals surface area contributed by atoms with Crippen molar-refractivity contribution in [1.82, 2.24) is 0 Å². The summed E-state index contributed by atoms with van der Waals surface area (Å²) in [6.07, 6.45) is 57.1. The van der Waals surface area contributed by atoms with Crippen LogP contribution in [0.15, 0.2) is 0 Å². The third-order valence-corrected chi connectivity index (χ3v) is 21.4. The lowest BCUT2D eigenvalue weighted by molar-refractivity contribution is -0.161. The number of aliphatic hydroxyl groups excluding tert-OH is 1. The van der Waals surface area contributed by atoms with E-state index in [1.54, 1.807) is 0 Å². The molecule has 594 valence electrons. The normalized spacial score (nSPS) is 14.6. The molecule has 0 aromatic heterocycles. The molecule has 0 bridgehead atoms. The molecule has 0 spiro atoms. The number of aliphatic hydroxyl groups is 1. The highest BCUT2D eigenvalue weighted by Crippen LogP contribution is 2.45. The van der Waals surface area contributed by atoms with E-state index in [1.807, 2.05) is 0 Å². The average molecular weight is 1470 g/mol. The van der Waals surface area contributed by atoms with Crippen molar-refractivity contribution in [1.29, 1.82) is 0 Å². The lowest BCUT2D eigenvalue weighted by Crippen LogP contribution is -2.30. The summed E-state index contributed by atoms with van der Waals surface area (Å²) in [5.74, 6) is 1.000. The second-order valence-electron chi connectivity index (χ2n) is 30.6. The van der Waals surface area contributed by atoms with Crippen LogP contribution in [0.3, 0.4) is 0 Å². The fourth-order valence-electron chi connectivity index (χ4n) is 12.4. The molecule has 7 atom stereocenters. The molecule has 0 fully saturated rings. The van der Waals surface area contributed by atoms with E-state index in [4.69, 9.17) is 37.0 Å². The number of phosphoric ester groups is 2. The van der Waals surface area contributed by atoms with Crippen LogP contribution in [0.25, 0.3) is 0 Å². The summed E-state index contributed by atoms with van der Waals surface area (Å²) in [7, 11) is -9.92. The minimum absolute atomic E-state index is 0.104. The Morgan fingerprint density at radius 1 is 0.280 bits per heavy atom. The Morgan fingerprint density at radius 3 is 0.710 bits per heavy atom. The predicted octanol–water partition coefficient (Wildman–Crippen LogP) is 24.0. The molecule has 0 saturated heterocycles. The van der Waals surface area contributed by atoms with Gasteiger partial charge in [0.15, 0.2) is 12.2 Å². The van der Waals surface area contributed by atoms with Crippen LogP contribution in [0.2, 0.25) is 0 Å². The Bertz CT molecular complexity index is 1960. The highest BCUT2D eigenvalue weighted by Gasteiger charge is 2.30. The van der Waals surface area contributed by atoms with Crippen LogP contribution >= 0.6 is 15.6 Å². The van der Waals surface area contributed by atoms with Gasteiger partial charge in [-0.25, -0.2) is 9.13 Å². The van der Waals surface area contributed by atoms with Gasteiger partial charge in [-0.2, -0.15) is 0 Å². The first-order valence-corrected chi connectivity index (χ1v) is 44.8. The fourth-order valence-corrected chi connectivity index (χ4v) is 13.9. The van der Waals surface area contributed by atoms with Crippen molar-refractivity contribution in [3.63, 3.8) is 0 Å². The van der Waals surface area contributed by atoms with Crippen molar-refractivity contribution in [2.45, 2.75) is 433 Å². The minimum Gasteiger partial charge on any atom is -0.462 e. The first-order valence-electron chi connectivity index (χ1n) is 41.8. The van der Waals surface area contributed by atoms with E-state index in [0.717, 1.165) is 114 Å². The molecule has 0 aliphatic carbocycles. The topological polar surface area (TPSA) is 237 Å². The molecule has 3 N–H and O–H groups in total. The third-order valence-electron chi connectivity index (χ3n) is 19.5. The number of esters is 4. The summed E-state index contributed by atoms with van der Waals surface area (Å²) in [6.45, 7) is 14.2. The minimum atomic E-state index is -4.96. The van der Waals surface area contributed by atoms with Gasteiger partial charge in [0.1, 0.15) is 19.3 Å². The molecular weight excluding hydrogens is 1310 g/mol. The van der Waals surface area contributed by atoms with Crippen LogP contribution in [0, 0.1) is 23.7 Å². The largest absolute Gasteiger partial charge is 0.472 e. The number of ether oxygens (including phenoxy) is 4. The van der Waals surface area contributed by atoms with Gasteiger partial charge in [0, 0.05) is 25.7 Å². The van der Waals surface area contributed by atoms with Gasteiger partial charge in [0.2, 0.25) is 0 Å². The van der Waals surface area contributed by atoms with E-state index in [9.17, 15) is 43.2 Å². The van der Waals surface area contributed by atoms with Gasteiger partial charge < -0.3 is 33.8 Å². The third kappa shape index (κ3) is 71.7. The van der Waals surface area contributed by atoms with Gasteiger partial charge in [0.25, 0.3) is 0 Å². The number of carbonyl (C=O) groups excluding carboxylic acids is 4. The molecule has 100 heavy (non-hydrogen) atoms. The Morgan fingerprint density at radius 2 is 0.480 bits per heavy atom. The number of phosphoric acid groups is 2. The quantitative estimate of drug-likeness (QED) is 0.0222. The van der Waals surface area contributed by atoms with E-state index in [2.05, 4.69) is 55.4 Å². The maximum atomic E-state index is 13.1. The Kier molecular flexibility index (Phi) is 68.7. The summed E-state index contributed by atoms with van der Waals surface area (Å²) in [6, 6.07) is 0. The molecule has 0 aliphatic rings. The molecule has 0 amide bonds. The molecule has 0 heterocycles. The van der Waals surface area contributed by atoms with Gasteiger partial charge >= 0.3 is 39.5 Å². The Balaban J connectivity index is 5.21. The van der Waals surface area contributed by atoms with Crippen molar-refractivity contribution in [2.75, 3.05) is 39.6 Å². The summed E-state index contributed by atoms with van der Waals surface area (Å²) in [4.78, 5) is 72.9. The van der Waals surface area contributed by atoms with Crippen molar-refractivity contribution < 1.29 is 80.2 Å². The lowest BCUT2D eigenvalue weighted by atomic mass is 9.99. The Labute approximate surface area is 613 Å². The van der Waals surface area contributed by atoms with E-state index in [1.165, 1.54) is 212 Å². The van der Waals surface area contributed by atoms with Crippen LogP contribution in [-0.4, -0.2) is 96.7 Å². The SMILES string of the molecule is CCC(C)CCCCCCCCCCCCCCCCC(=O)O[C@H](COC(=O)CCCCCCCCCCCCCCCCCCCCC(C)C)COP(=O)(O)OC[C@@H](O)COP(=O)(O)OC[C@@H](COC(=O)CCCCCCCCC(C)C)OC(=O)CCCCCCCCCCC(C)CC. The van der Waals surface area contributed by atoms with Crippen LogP contribution in [-0.2, 0) is 65.4 Å². The van der Waals surface area contributed by atoms with Gasteiger partial charge in [-0.15, -0.1) is 0 Å². The van der Waals surface area contributed by atoms with Crippen molar-refractivity contribution >= 4 is 39.5 Å². The number of hydrogen-bond acceptors (Lipinski definition) is 15. The van der Waals surface area contributed by atoms with Crippen LogP contribution in [0.5, 0.6) is 0 Å². The van der Waals surface area contributed by atoms with Gasteiger partial charge in [-0.05, 0) is 49.4 Å². The number of hydrogen-bond donors (Lipinski definition) is 3. The predicted molar refractivity (Wildman–Crippen MR) is 409 cm³/mol. The molecule has 0 radical (unpaired) electrons. The molecule has 0 aromatic carbocycles. The van der Waals surface area contributed by atoms with E-state index < -0.39 is 97.5 Å². The zero-order valence-electron chi connectivity index (χ0n) is 65.8. The monoisotopic (exact) mass is 1470 g/mol. The first-order chi connectivity index (χ1) is 48.2. The lowest BCUT2D eigenvalue weighted by Gasteiger charge is -2.21. The van der Waals surface area contributed by atoms with Crippen LogP contribution in [0.1, 0.15) is 415 Å². The highest BCUT2D eigenvalue weighted by atomic mass is 31.2. The number of rotatable bonds is 78. The summed E-state index contributed by atoms with van der Waals surface area (Å²) in [5.41, 5.74) is 0. The van der Waals surface area contributed by atoms with Gasteiger partial charge in [-0.1, -0.05) is 364 Å². The van der Waals surface area contributed by atoms with Crippen molar-refractivity contribution in [2.24, 2.45) is 23.7 Å². The zero-order chi connectivity index (χ0) is 73.8. The number of carbonyl (C=O) groups is 4. The Hall–Kier alpha value is -1.94. The van der Waals surface area contributed by atoms with E-state index in [-0.39, 0.29) is 25.7 Å². The molecule has 0 saturated carbocycles. The van der Waals surface area contributed by atoms with E-state index in [0.29, 0.717) is 31.6 Å². The first kappa shape index (κ1) is 98.1. The second-order valence-corrected chi connectivity index (χ2v) is 33.5. The van der Waals surface area contributed by atoms with E-state index >= 15 is 0 Å². The van der Waals surface area contributed by atoms with Crippen LogP contribution in [0.4, 0.5) is 0 Å². The average Bonchev–Trinajstić information content (AvgIpc) is 0.954. The van der Waals surface area contributed by atoms with Gasteiger partial charge in [0.05, 0.1) is 26.4 Å². The molecule has 17 nitrogen and oxygen atoms in total. The number of unbranched alkanes of at least 4 members (excludes halogenated alkanes) is 42. The standard InChI is InChI=1S/C81H158O17P2/c1-9-73(7)59-51-43-34-28-24-20-17-18-22-26-30-37-47-55-63-80(85)97-76(67-91-78(83)61-53-45-36-29-25-21-16-14-12-11-13-15-19-23-27-33-41-49-57-71(3)4)69-95-99(87,88)93-65-75(82)66-94-100(89,90)96-70-77(68-92-79(84)62-54-46-40-39-42-50-58-72(5)6)98-81(86)64-56-48-38-32-31-35-44-52-60-74(8)10-2/h71-77,82H,9-70H2,1-8H3,(H,87,88)(H,89,90)/t73?,74?,75-,76-,77-/m1/s1. The maximum absolute atomic E-state index is 13.1. The van der Waals surface area contributed by atoms with Crippen LogP contribution < -0.4 is 0 Å². The molecule has 4 unspecified atom stereocenters. The summed E-state index contributed by atoms with van der Waals surface area (Å²) >= 11 is 0. The molecule has 0 aliphatic heterocycles. The molecule has 0 rings (SSSR count). The fraction of sp³-hybridized carbons (Fsp3) is 0.951. The zero-order valence-corrected chi connectivity index (χ0v) is 67.6. The van der Waals surface area contributed by atoms with Crippen molar-refractivity contribution in [3.05, 3.63) is 0 Å². The highest BCUT2D eigenvalue weighted by molar-refractivity contribution is 7.47.